The number of amides is 1. The van der Waals surface area contributed by atoms with Crippen LogP contribution in [-0.4, -0.2) is 44.1 Å². The number of pyridine rings is 1. The SMILES string of the molecule is Cc1sc2ncnc(N3CCC(C(=O)N[C@H](c4nc(-c5cccnc5)no4)C(C)C)CC3)c2c1C. The average Bonchev–Trinajstić information content (AvgIpc) is 3.47. The summed E-state index contributed by atoms with van der Waals surface area (Å²) in [5, 5.41) is 8.40. The molecule has 0 radical (unpaired) electrons. The van der Waals surface area contributed by atoms with Crippen LogP contribution in [0.4, 0.5) is 5.82 Å². The van der Waals surface area contributed by atoms with Crippen LogP contribution in [0.3, 0.4) is 0 Å². The quantitative estimate of drug-likeness (QED) is 0.420. The first kappa shape index (κ1) is 23.3. The Morgan fingerprint density at radius 2 is 2.03 bits per heavy atom. The molecular weight excluding hydrogens is 462 g/mol. The number of hydrogen-bond donors (Lipinski definition) is 1. The molecule has 9 nitrogen and oxygen atoms in total. The lowest BCUT2D eigenvalue weighted by molar-refractivity contribution is -0.126. The van der Waals surface area contributed by atoms with Crippen LogP contribution >= 0.6 is 11.3 Å². The smallest absolute Gasteiger partial charge is 0.249 e. The van der Waals surface area contributed by atoms with Crippen molar-refractivity contribution in [3.8, 4) is 11.4 Å². The lowest BCUT2D eigenvalue weighted by Crippen LogP contribution is -2.42. The van der Waals surface area contributed by atoms with Gasteiger partial charge < -0.3 is 14.7 Å². The number of nitrogens with zero attached hydrogens (tertiary/aromatic N) is 6. The van der Waals surface area contributed by atoms with E-state index < -0.39 is 0 Å². The maximum absolute atomic E-state index is 13.2. The molecule has 1 aliphatic heterocycles. The van der Waals surface area contributed by atoms with Crippen molar-refractivity contribution in [2.75, 3.05) is 18.0 Å². The number of piperidine rings is 1. The zero-order chi connectivity index (χ0) is 24.5. The van der Waals surface area contributed by atoms with Crippen molar-refractivity contribution in [3.63, 3.8) is 0 Å². The van der Waals surface area contributed by atoms with Crippen LogP contribution in [0.5, 0.6) is 0 Å². The summed E-state index contributed by atoms with van der Waals surface area (Å²) >= 11 is 1.70. The number of anilines is 1. The molecule has 0 aromatic carbocycles. The van der Waals surface area contributed by atoms with Gasteiger partial charge in [0.1, 0.15) is 23.0 Å². The van der Waals surface area contributed by atoms with Gasteiger partial charge in [0.2, 0.25) is 17.6 Å². The van der Waals surface area contributed by atoms with Gasteiger partial charge in [-0.1, -0.05) is 19.0 Å². The zero-order valence-corrected chi connectivity index (χ0v) is 21.2. The van der Waals surface area contributed by atoms with E-state index in [1.807, 2.05) is 26.0 Å². The van der Waals surface area contributed by atoms with Gasteiger partial charge in [-0.2, -0.15) is 4.98 Å². The number of carbonyl (C=O) groups is 1. The van der Waals surface area contributed by atoms with Crippen LogP contribution in [0.1, 0.15) is 49.1 Å². The normalized spacial score (nSPS) is 15.6. The zero-order valence-electron chi connectivity index (χ0n) is 20.4. The Labute approximate surface area is 208 Å². The van der Waals surface area contributed by atoms with Gasteiger partial charge in [0.05, 0.1) is 5.39 Å². The highest BCUT2D eigenvalue weighted by atomic mass is 32.1. The van der Waals surface area contributed by atoms with Crippen LogP contribution in [0, 0.1) is 25.7 Å². The number of fused-ring (bicyclic) bond motifs is 1. The predicted octanol–water partition coefficient (Wildman–Crippen LogP) is 4.48. The van der Waals surface area contributed by atoms with Crippen molar-refractivity contribution in [2.24, 2.45) is 11.8 Å². The summed E-state index contributed by atoms with van der Waals surface area (Å²) in [4.78, 5) is 35.5. The third kappa shape index (κ3) is 4.62. The van der Waals surface area contributed by atoms with Gasteiger partial charge in [0, 0.05) is 41.8 Å². The Morgan fingerprint density at radius 1 is 1.23 bits per heavy atom. The van der Waals surface area contributed by atoms with Crippen LogP contribution < -0.4 is 10.2 Å². The monoisotopic (exact) mass is 491 g/mol. The Balaban J connectivity index is 1.26. The first-order valence-electron chi connectivity index (χ1n) is 11.9. The highest BCUT2D eigenvalue weighted by Crippen LogP contribution is 2.36. The van der Waals surface area contributed by atoms with Gasteiger partial charge in [-0.3, -0.25) is 9.78 Å². The first-order valence-corrected chi connectivity index (χ1v) is 12.7. The summed E-state index contributed by atoms with van der Waals surface area (Å²) < 4.78 is 5.53. The van der Waals surface area contributed by atoms with E-state index in [0.717, 1.165) is 47.5 Å². The van der Waals surface area contributed by atoms with Crippen molar-refractivity contribution < 1.29 is 9.32 Å². The fourth-order valence-electron chi connectivity index (χ4n) is 4.52. The first-order chi connectivity index (χ1) is 16.9. The number of carbonyl (C=O) groups excluding carboxylic acids is 1. The molecule has 4 aromatic rings. The number of rotatable bonds is 6. The minimum Gasteiger partial charge on any atom is -0.356 e. The lowest BCUT2D eigenvalue weighted by Gasteiger charge is -2.33. The summed E-state index contributed by atoms with van der Waals surface area (Å²) in [5.74, 6) is 1.91. The fourth-order valence-corrected chi connectivity index (χ4v) is 5.51. The lowest BCUT2D eigenvalue weighted by atomic mass is 9.94. The standard InChI is InChI=1S/C25H29N7O2S/c1-14(2)20(24-30-21(31-34-24)18-6-5-9-26-12-18)29-23(33)17-7-10-32(11-8-17)22-19-15(3)16(4)35-25(19)28-13-27-22/h5-6,9,12-14,17,20H,7-8,10-11H2,1-4H3,(H,29,33)/t20-/m0/s1. The molecule has 35 heavy (non-hydrogen) atoms. The number of aryl methyl sites for hydroxylation is 2. The second-order valence-corrected chi connectivity index (χ2v) is 10.6. The molecule has 1 fully saturated rings. The van der Waals surface area contributed by atoms with Crippen molar-refractivity contribution in [3.05, 3.63) is 47.2 Å². The van der Waals surface area contributed by atoms with Crippen LogP contribution in [-0.2, 0) is 4.79 Å². The molecule has 0 bridgehead atoms. The minimum atomic E-state index is -0.351. The van der Waals surface area contributed by atoms with Crippen LogP contribution in [0.2, 0.25) is 0 Å². The molecule has 182 valence electrons. The van der Waals surface area contributed by atoms with E-state index in [-0.39, 0.29) is 23.8 Å². The van der Waals surface area contributed by atoms with E-state index in [1.54, 1.807) is 30.1 Å². The molecule has 1 aliphatic rings. The fraction of sp³-hybridized carbons (Fsp3) is 0.440. The van der Waals surface area contributed by atoms with Crippen molar-refractivity contribution in [1.29, 1.82) is 0 Å². The summed E-state index contributed by atoms with van der Waals surface area (Å²) in [6.07, 6.45) is 6.55. The second kappa shape index (κ2) is 9.69. The molecule has 0 unspecified atom stereocenters. The maximum Gasteiger partial charge on any atom is 0.249 e. The van der Waals surface area contributed by atoms with E-state index >= 15 is 0 Å². The maximum atomic E-state index is 13.2. The number of hydrogen-bond acceptors (Lipinski definition) is 9. The van der Waals surface area contributed by atoms with E-state index in [0.29, 0.717) is 11.7 Å². The third-order valence-corrected chi connectivity index (χ3v) is 7.82. The molecule has 1 amide bonds. The number of nitrogens with one attached hydrogen (secondary N) is 1. The van der Waals surface area contributed by atoms with Gasteiger partial charge in [-0.25, -0.2) is 9.97 Å². The molecule has 5 rings (SSSR count). The Bertz CT molecular complexity index is 1330. The predicted molar refractivity (Wildman–Crippen MR) is 135 cm³/mol. The van der Waals surface area contributed by atoms with Crippen LogP contribution in [0.15, 0.2) is 35.4 Å². The number of thiophene rings is 1. The van der Waals surface area contributed by atoms with Gasteiger partial charge in [0.25, 0.3) is 0 Å². The summed E-state index contributed by atoms with van der Waals surface area (Å²) in [5.41, 5.74) is 2.02. The van der Waals surface area contributed by atoms with Crippen molar-refractivity contribution >= 4 is 33.3 Å². The molecule has 10 heteroatoms. The van der Waals surface area contributed by atoms with Gasteiger partial charge >= 0.3 is 0 Å². The third-order valence-electron chi connectivity index (χ3n) is 6.70. The molecular formula is C25H29N7O2S. The summed E-state index contributed by atoms with van der Waals surface area (Å²) in [7, 11) is 0. The van der Waals surface area contributed by atoms with E-state index in [2.05, 4.69) is 49.2 Å². The van der Waals surface area contributed by atoms with Gasteiger partial charge in [-0.15, -0.1) is 11.3 Å². The molecule has 0 spiro atoms. The Hall–Kier alpha value is -3.40. The average molecular weight is 492 g/mol. The van der Waals surface area contributed by atoms with Crippen molar-refractivity contribution in [2.45, 2.75) is 46.6 Å². The highest BCUT2D eigenvalue weighted by molar-refractivity contribution is 7.18. The van der Waals surface area contributed by atoms with Crippen LogP contribution in [0.25, 0.3) is 21.6 Å². The summed E-state index contributed by atoms with van der Waals surface area (Å²) in [6, 6.07) is 3.35. The molecule has 5 heterocycles. The van der Waals surface area contributed by atoms with Gasteiger partial charge in [-0.05, 0) is 50.3 Å². The van der Waals surface area contributed by atoms with E-state index in [4.69, 9.17) is 4.52 Å². The van der Waals surface area contributed by atoms with E-state index in [9.17, 15) is 4.79 Å². The Kier molecular flexibility index (Phi) is 6.46. The topological polar surface area (TPSA) is 110 Å². The molecule has 0 saturated carbocycles. The highest BCUT2D eigenvalue weighted by Gasteiger charge is 2.31. The molecule has 1 atom stereocenters. The van der Waals surface area contributed by atoms with Crippen molar-refractivity contribution in [1.82, 2.24) is 30.4 Å². The Morgan fingerprint density at radius 3 is 2.74 bits per heavy atom. The molecule has 0 aliphatic carbocycles. The molecule has 1 N–H and O–H groups in total. The van der Waals surface area contributed by atoms with E-state index in [1.165, 1.54) is 10.4 Å². The molecule has 1 saturated heterocycles. The largest absolute Gasteiger partial charge is 0.356 e. The summed E-state index contributed by atoms with van der Waals surface area (Å²) in [6.45, 7) is 9.87. The second-order valence-electron chi connectivity index (χ2n) is 9.35. The van der Waals surface area contributed by atoms with Gasteiger partial charge in [0.15, 0.2) is 0 Å². The number of aromatic nitrogens is 5. The molecule has 4 aromatic heterocycles. The minimum absolute atomic E-state index is 0.0277.